The third kappa shape index (κ3) is 4.40. The van der Waals surface area contributed by atoms with Crippen LogP contribution in [0, 0.1) is 5.82 Å². The lowest BCUT2D eigenvalue weighted by atomic mass is 10.0. The summed E-state index contributed by atoms with van der Waals surface area (Å²) in [6.45, 7) is 0.957. The molecule has 1 aliphatic heterocycles. The fourth-order valence-corrected chi connectivity index (χ4v) is 4.17. The number of anilines is 1. The Morgan fingerprint density at radius 2 is 1.71 bits per heavy atom. The second kappa shape index (κ2) is 9.46. The van der Waals surface area contributed by atoms with E-state index in [2.05, 4.69) is 10.4 Å². The molecule has 0 spiro atoms. The van der Waals surface area contributed by atoms with Crippen molar-refractivity contribution in [2.45, 2.75) is 13.0 Å². The van der Waals surface area contributed by atoms with Gasteiger partial charge in [0.25, 0.3) is 0 Å². The fraction of sp³-hybridized carbons (Fsp3) is 0.192. The number of hydrazine groups is 1. The number of amides is 1. The standard InChI is InChI=1S/C26H24FN5O3/c1-34-21-8-3-17(15-22(21)35-2)16-23(33)31-13-14-32-26(30-31)24(18-9-11-28-12-10-18)25(29-32)19-4-6-20(27)7-5-19/h3-12,15,30H,13-14,16H2,1-2H3. The molecule has 0 atom stereocenters. The normalized spacial score (nSPS) is 12.6. The molecule has 0 unspecified atom stereocenters. The molecule has 35 heavy (non-hydrogen) atoms. The Labute approximate surface area is 201 Å². The SMILES string of the molecule is COc1ccc(CC(=O)N2CCn3nc(-c4ccc(F)cc4)c(-c4ccncc4)c3N2)cc1OC. The van der Waals surface area contributed by atoms with Crippen molar-refractivity contribution in [3.05, 3.63) is 78.4 Å². The average molecular weight is 474 g/mol. The summed E-state index contributed by atoms with van der Waals surface area (Å²) >= 11 is 0. The van der Waals surface area contributed by atoms with Gasteiger partial charge in [-0.1, -0.05) is 6.07 Å². The van der Waals surface area contributed by atoms with Gasteiger partial charge in [-0.05, 0) is 59.7 Å². The van der Waals surface area contributed by atoms with Gasteiger partial charge in [-0.2, -0.15) is 5.10 Å². The van der Waals surface area contributed by atoms with Crippen molar-refractivity contribution in [3.63, 3.8) is 0 Å². The van der Waals surface area contributed by atoms with Gasteiger partial charge in [-0.25, -0.2) is 9.07 Å². The summed E-state index contributed by atoms with van der Waals surface area (Å²) in [5.74, 6) is 1.48. The van der Waals surface area contributed by atoms with Crippen LogP contribution in [0.1, 0.15) is 5.56 Å². The third-order valence-corrected chi connectivity index (χ3v) is 5.92. The highest BCUT2D eigenvalue weighted by Gasteiger charge is 2.28. The Balaban J connectivity index is 1.46. The predicted octanol–water partition coefficient (Wildman–Crippen LogP) is 4.18. The number of carbonyl (C=O) groups is 1. The summed E-state index contributed by atoms with van der Waals surface area (Å²) in [5.41, 5.74) is 7.28. The first-order valence-corrected chi connectivity index (χ1v) is 11.1. The van der Waals surface area contributed by atoms with Crippen LogP contribution in [-0.2, 0) is 17.8 Å². The topological polar surface area (TPSA) is 81.5 Å². The first kappa shape index (κ1) is 22.4. The number of hydrogen-bond donors (Lipinski definition) is 1. The molecule has 1 amide bonds. The number of ether oxygens (including phenoxy) is 2. The van der Waals surface area contributed by atoms with Gasteiger partial charge in [0.2, 0.25) is 5.91 Å². The van der Waals surface area contributed by atoms with Crippen LogP contribution in [-0.4, -0.2) is 46.4 Å². The molecule has 8 nitrogen and oxygen atoms in total. The first-order chi connectivity index (χ1) is 17.1. The Morgan fingerprint density at radius 1 is 0.971 bits per heavy atom. The number of rotatable bonds is 6. The van der Waals surface area contributed by atoms with E-state index in [1.54, 1.807) is 55.9 Å². The van der Waals surface area contributed by atoms with Crippen molar-refractivity contribution in [1.82, 2.24) is 19.8 Å². The fourth-order valence-electron chi connectivity index (χ4n) is 4.17. The van der Waals surface area contributed by atoms with Gasteiger partial charge in [-0.3, -0.25) is 20.2 Å². The minimum absolute atomic E-state index is 0.0892. The Hall–Kier alpha value is -4.40. The minimum Gasteiger partial charge on any atom is -0.493 e. The molecule has 4 aromatic rings. The second-order valence-corrected chi connectivity index (χ2v) is 8.06. The average Bonchev–Trinajstić information content (AvgIpc) is 3.28. The summed E-state index contributed by atoms with van der Waals surface area (Å²) < 4.78 is 26.0. The van der Waals surface area contributed by atoms with Crippen molar-refractivity contribution >= 4 is 11.7 Å². The highest BCUT2D eigenvalue weighted by molar-refractivity contribution is 5.90. The molecule has 1 N–H and O–H groups in total. The maximum Gasteiger partial charge on any atom is 0.245 e. The number of nitrogens with one attached hydrogen (secondary N) is 1. The van der Waals surface area contributed by atoms with E-state index < -0.39 is 0 Å². The zero-order valence-electron chi connectivity index (χ0n) is 19.4. The summed E-state index contributed by atoms with van der Waals surface area (Å²) in [7, 11) is 3.14. The van der Waals surface area contributed by atoms with Crippen LogP contribution in [0.2, 0.25) is 0 Å². The van der Waals surface area contributed by atoms with Crippen LogP contribution in [0.25, 0.3) is 22.4 Å². The van der Waals surface area contributed by atoms with Crippen LogP contribution < -0.4 is 14.9 Å². The molecule has 9 heteroatoms. The summed E-state index contributed by atoms with van der Waals surface area (Å²) in [4.78, 5) is 17.3. The Morgan fingerprint density at radius 3 is 2.43 bits per heavy atom. The van der Waals surface area contributed by atoms with E-state index in [1.807, 2.05) is 22.9 Å². The van der Waals surface area contributed by atoms with Gasteiger partial charge in [0.05, 0.1) is 39.3 Å². The monoisotopic (exact) mass is 473 g/mol. The lowest BCUT2D eigenvalue weighted by Gasteiger charge is -2.30. The van der Waals surface area contributed by atoms with E-state index in [4.69, 9.17) is 14.6 Å². The van der Waals surface area contributed by atoms with Crippen molar-refractivity contribution in [3.8, 4) is 33.9 Å². The van der Waals surface area contributed by atoms with E-state index in [1.165, 1.54) is 12.1 Å². The Kier molecular flexibility index (Phi) is 6.05. The van der Waals surface area contributed by atoms with Gasteiger partial charge in [0, 0.05) is 18.0 Å². The number of hydrogen-bond acceptors (Lipinski definition) is 6. The number of carbonyl (C=O) groups excluding carboxylic acids is 1. The number of pyridine rings is 1. The molecule has 5 rings (SSSR count). The summed E-state index contributed by atoms with van der Waals surface area (Å²) in [5, 5.41) is 6.39. The number of halogens is 1. The molecule has 2 aromatic carbocycles. The van der Waals surface area contributed by atoms with Crippen LogP contribution in [0.5, 0.6) is 11.5 Å². The van der Waals surface area contributed by atoms with E-state index >= 15 is 0 Å². The minimum atomic E-state index is -0.312. The smallest absolute Gasteiger partial charge is 0.245 e. The van der Waals surface area contributed by atoms with Crippen LogP contribution in [0.15, 0.2) is 67.0 Å². The molecule has 0 saturated carbocycles. The molecule has 0 saturated heterocycles. The van der Waals surface area contributed by atoms with Gasteiger partial charge < -0.3 is 9.47 Å². The molecular weight excluding hydrogens is 449 g/mol. The first-order valence-electron chi connectivity index (χ1n) is 11.1. The third-order valence-electron chi connectivity index (χ3n) is 5.92. The summed E-state index contributed by atoms with van der Waals surface area (Å²) in [6, 6.07) is 15.4. The zero-order chi connectivity index (χ0) is 24.4. The molecular formula is C26H24FN5O3. The van der Waals surface area contributed by atoms with Gasteiger partial charge in [0.15, 0.2) is 17.3 Å². The van der Waals surface area contributed by atoms with Crippen LogP contribution in [0.4, 0.5) is 10.2 Å². The lowest BCUT2D eigenvalue weighted by molar-refractivity contribution is -0.129. The number of methoxy groups -OCH3 is 2. The van der Waals surface area contributed by atoms with Gasteiger partial charge in [-0.15, -0.1) is 0 Å². The molecule has 0 fully saturated rings. The quantitative estimate of drug-likeness (QED) is 0.453. The molecule has 3 heterocycles. The van der Waals surface area contributed by atoms with E-state index in [0.717, 1.165) is 22.3 Å². The highest BCUT2D eigenvalue weighted by atomic mass is 19.1. The molecule has 0 bridgehead atoms. The molecule has 178 valence electrons. The maximum atomic E-state index is 13.6. The number of nitrogens with zero attached hydrogens (tertiary/aromatic N) is 4. The van der Waals surface area contributed by atoms with Gasteiger partial charge in [0.1, 0.15) is 11.5 Å². The Bertz CT molecular complexity index is 1360. The lowest BCUT2D eigenvalue weighted by Crippen LogP contribution is -2.43. The van der Waals surface area contributed by atoms with Crippen molar-refractivity contribution < 1.29 is 18.7 Å². The van der Waals surface area contributed by atoms with Crippen LogP contribution in [0.3, 0.4) is 0 Å². The number of benzene rings is 2. The van der Waals surface area contributed by atoms with E-state index in [-0.39, 0.29) is 18.1 Å². The zero-order valence-corrected chi connectivity index (χ0v) is 19.4. The van der Waals surface area contributed by atoms with Crippen LogP contribution >= 0.6 is 0 Å². The van der Waals surface area contributed by atoms with Crippen molar-refractivity contribution in [2.24, 2.45) is 0 Å². The highest BCUT2D eigenvalue weighted by Crippen LogP contribution is 2.39. The molecule has 2 aromatic heterocycles. The second-order valence-electron chi connectivity index (χ2n) is 8.06. The van der Waals surface area contributed by atoms with E-state index in [0.29, 0.717) is 36.1 Å². The number of aromatic nitrogens is 3. The molecule has 1 aliphatic rings. The summed E-state index contributed by atoms with van der Waals surface area (Å²) in [6.07, 6.45) is 3.60. The molecule has 0 aliphatic carbocycles. The largest absolute Gasteiger partial charge is 0.493 e. The predicted molar refractivity (Wildman–Crippen MR) is 129 cm³/mol. The maximum absolute atomic E-state index is 13.6. The van der Waals surface area contributed by atoms with Crippen molar-refractivity contribution in [2.75, 3.05) is 26.2 Å². The van der Waals surface area contributed by atoms with Gasteiger partial charge >= 0.3 is 0 Å². The van der Waals surface area contributed by atoms with E-state index in [9.17, 15) is 9.18 Å². The molecule has 0 radical (unpaired) electrons. The van der Waals surface area contributed by atoms with Crippen molar-refractivity contribution in [1.29, 1.82) is 0 Å². The number of fused-ring (bicyclic) bond motifs is 1.